The van der Waals surface area contributed by atoms with Crippen LogP contribution in [0.5, 0.6) is 5.75 Å². The highest BCUT2D eigenvalue weighted by atomic mass is 127. The molecular weight excluding hydrogens is 749 g/mol. The summed E-state index contributed by atoms with van der Waals surface area (Å²) in [6.45, 7) is 0.268. The van der Waals surface area contributed by atoms with Crippen molar-refractivity contribution in [3.05, 3.63) is 126 Å². The van der Waals surface area contributed by atoms with Gasteiger partial charge in [0.2, 0.25) is 0 Å². The first-order chi connectivity index (χ1) is 20.4. The van der Waals surface area contributed by atoms with E-state index in [1.807, 2.05) is 72.1 Å². The number of rotatable bonds is 9. The summed E-state index contributed by atoms with van der Waals surface area (Å²) in [5, 5.41) is 20.1. The lowest BCUT2D eigenvalue weighted by molar-refractivity contribution is 0.0955. The van der Waals surface area contributed by atoms with Crippen LogP contribution in [0.1, 0.15) is 27.0 Å². The molecule has 0 saturated heterocycles. The second-order valence-electron chi connectivity index (χ2n) is 8.82. The zero-order valence-electron chi connectivity index (χ0n) is 21.6. The maximum Gasteiger partial charge on any atom is 0.271 e. The Balaban J connectivity index is 1.17. The Morgan fingerprint density at radius 2 is 1.88 bits per heavy atom. The third-order valence-electron chi connectivity index (χ3n) is 5.95. The molecule has 0 bridgehead atoms. The minimum atomic E-state index is -0.328. The van der Waals surface area contributed by atoms with E-state index in [9.17, 15) is 10.1 Å². The van der Waals surface area contributed by atoms with Crippen molar-refractivity contribution in [2.75, 3.05) is 5.32 Å². The SMILES string of the molecule is N#Cc1ccccc1COc1c(Br)cc(/C=N\NC(=O)c2ccc(-c3csc(Nc4ccc(Cl)cc4)n3)cc2)cc1I. The predicted octanol–water partition coefficient (Wildman–Crippen LogP) is 8.79. The second-order valence-corrected chi connectivity index (χ2v) is 12.1. The molecule has 0 aliphatic carbocycles. The van der Waals surface area contributed by atoms with Crippen LogP contribution in [-0.2, 0) is 6.61 Å². The van der Waals surface area contributed by atoms with E-state index >= 15 is 0 Å². The fourth-order valence-electron chi connectivity index (χ4n) is 3.84. The molecule has 1 aromatic heterocycles. The van der Waals surface area contributed by atoms with Crippen molar-refractivity contribution in [2.45, 2.75) is 6.61 Å². The van der Waals surface area contributed by atoms with Crippen LogP contribution in [0, 0.1) is 14.9 Å². The predicted molar refractivity (Wildman–Crippen MR) is 180 cm³/mol. The number of amides is 1. The van der Waals surface area contributed by atoms with E-state index in [1.54, 1.807) is 24.4 Å². The number of benzene rings is 4. The Kier molecular flexibility index (Phi) is 9.86. The van der Waals surface area contributed by atoms with E-state index in [1.165, 1.54) is 11.3 Å². The summed E-state index contributed by atoms with van der Waals surface area (Å²) in [4.78, 5) is 17.3. The first-order valence-corrected chi connectivity index (χ1v) is 15.5. The van der Waals surface area contributed by atoms with Crippen molar-refractivity contribution in [2.24, 2.45) is 5.10 Å². The van der Waals surface area contributed by atoms with E-state index in [0.717, 1.165) is 41.2 Å². The normalized spacial score (nSPS) is 10.8. The van der Waals surface area contributed by atoms with Crippen molar-refractivity contribution >= 4 is 84.4 Å². The van der Waals surface area contributed by atoms with Crippen LogP contribution >= 0.6 is 61.5 Å². The number of nitriles is 1. The highest BCUT2D eigenvalue weighted by molar-refractivity contribution is 14.1. The number of hydrogen-bond acceptors (Lipinski definition) is 7. The molecule has 0 saturated carbocycles. The van der Waals surface area contributed by atoms with Crippen LogP contribution in [0.3, 0.4) is 0 Å². The smallest absolute Gasteiger partial charge is 0.271 e. The zero-order valence-corrected chi connectivity index (χ0v) is 27.0. The molecule has 1 heterocycles. The van der Waals surface area contributed by atoms with Crippen molar-refractivity contribution < 1.29 is 9.53 Å². The molecule has 208 valence electrons. The van der Waals surface area contributed by atoms with Gasteiger partial charge in [0.25, 0.3) is 5.91 Å². The maximum absolute atomic E-state index is 12.7. The van der Waals surface area contributed by atoms with Gasteiger partial charge in [-0.3, -0.25) is 4.79 Å². The number of nitrogens with one attached hydrogen (secondary N) is 2. The molecule has 2 N–H and O–H groups in total. The first-order valence-electron chi connectivity index (χ1n) is 12.4. The molecule has 0 aliphatic heterocycles. The van der Waals surface area contributed by atoms with Crippen LogP contribution in [-0.4, -0.2) is 17.1 Å². The van der Waals surface area contributed by atoms with Gasteiger partial charge in [0.1, 0.15) is 12.4 Å². The lowest BCUT2D eigenvalue weighted by Gasteiger charge is -2.12. The Bertz CT molecular complexity index is 1780. The molecule has 0 fully saturated rings. The summed E-state index contributed by atoms with van der Waals surface area (Å²) in [5.74, 6) is 0.337. The lowest BCUT2D eigenvalue weighted by atomic mass is 10.1. The number of hydrogen-bond donors (Lipinski definition) is 2. The van der Waals surface area contributed by atoms with Gasteiger partial charge < -0.3 is 10.1 Å². The van der Waals surface area contributed by atoms with Gasteiger partial charge in [-0.1, -0.05) is 41.9 Å². The fourth-order valence-corrected chi connectivity index (χ4v) is 6.47. The Hall–Kier alpha value is -3.76. The Morgan fingerprint density at radius 3 is 2.62 bits per heavy atom. The Morgan fingerprint density at radius 1 is 1.12 bits per heavy atom. The van der Waals surface area contributed by atoms with Crippen LogP contribution in [0.4, 0.5) is 10.8 Å². The molecule has 7 nitrogen and oxygen atoms in total. The third kappa shape index (κ3) is 7.54. The molecule has 4 aromatic carbocycles. The highest BCUT2D eigenvalue weighted by Gasteiger charge is 2.11. The van der Waals surface area contributed by atoms with Crippen molar-refractivity contribution in [1.82, 2.24) is 10.4 Å². The van der Waals surface area contributed by atoms with E-state index in [4.69, 9.17) is 16.3 Å². The number of halogens is 3. The topological polar surface area (TPSA) is 99.4 Å². The first kappa shape index (κ1) is 29.7. The number of ether oxygens (including phenoxy) is 1. The van der Waals surface area contributed by atoms with Crippen molar-refractivity contribution in [3.63, 3.8) is 0 Å². The number of thiazole rings is 1. The molecule has 5 aromatic rings. The van der Waals surface area contributed by atoms with Crippen molar-refractivity contribution in [3.8, 4) is 23.1 Å². The molecular formula is C31H20BrClIN5O2S. The average molecular weight is 769 g/mol. The molecule has 5 rings (SSSR count). The van der Waals surface area contributed by atoms with Crippen LogP contribution in [0.2, 0.25) is 5.02 Å². The van der Waals surface area contributed by atoms with E-state index in [-0.39, 0.29) is 12.5 Å². The van der Waals surface area contributed by atoms with Gasteiger partial charge >= 0.3 is 0 Å². The second kappa shape index (κ2) is 13.9. The monoisotopic (exact) mass is 767 g/mol. The number of hydrazone groups is 1. The summed E-state index contributed by atoms with van der Waals surface area (Å²) < 4.78 is 7.59. The number of carbonyl (C=O) groups is 1. The molecule has 0 radical (unpaired) electrons. The maximum atomic E-state index is 12.7. The molecule has 0 spiro atoms. The van der Waals surface area contributed by atoms with Gasteiger partial charge in [0, 0.05) is 32.8 Å². The molecule has 0 aliphatic rings. The largest absolute Gasteiger partial charge is 0.487 e. The van der Waals surface area contributed by atoms with Gasteiger partial charge in [-0.2, -0.15) is 10.4 Å². The quantitative estimate of drug-likeness (QED) is 0.0888. The molecule has 0 unspecified atom stereocenters. The summed E-state index contributed by atoms with van der Waals surface area (Å²) in [7, 11) is 0. The third-order valence-corrected chi connectivity index (χ3v) is 8.35. The van der Waals surface area contributed by atoms with Crippen molar-refractivity contribution in [1.29, 1.82) is 5.26 Å². The van der Waals surface area contributed by atoms with E-state index in [2.05, 4.69) is 65.4 Å². The zero-order chi connectivity index (χ0) is 29.5. The molecule has 0 atom stereocenters. The number of aromatic nitrogens is 1. The number of carbonyl (C=O) groups excluding carboxylic acids is 1. The van der Waals surface area contributed by atoms with Gasteiger partial charge in [-0.25, -0.2) is 10.4 Å². The van der Waals surface area contributed by atoms with E-state index in [0.29, 0.717) is 21.9 Å². The van der Waals surface area contributed by atoms with E-state index < -0.39 is 0 Å². The summed E-state index contributed by atoms with van der Waals surface area (Å²) in [5.41, 5.74) is 7.82. The van der Waals surface area contributed by atoms with Gasteiger partial charge in [-0.15, -0.1) is 11.3 Å². The lowest BCUT2D eigenvalue weighted by Crippen LogP contribution is -2.17. The van der Waals surface area contributed by atoms with Gasteiger partial charge in [0.15, 0.2) is 5.13 Å². The fraction of sp³-hybridized carbons (Fsp3) is 0.0323. The summed E-state index contributed by atoms with van der Waals surface area (Å²) >= 11 is 13.2. The molecule has 42 heavy (non-hydrogen) atoms. The van der Waals surface area contributed by atoms with Crippen LogP contribution in [0.15, 0.2) is 99.9 Å². The minimum absolute atomic E-state index is 0.268. The highest BCUT2D eigenvalue weighted by Crippen LogP contribution is 2.33. The van der Waals surface area contributed by atoms with Crippen LogP contribution < -0.4 is 15.5 Å². The minimum Gasteiger partial charge on any atom is -0.487 e. The van der Waals surface area contributed by atoms with Crippen LogP contribution in [0.25, 0.3) is 11.3 Å². The molecule has 11 heteroatoms. The molecule has 1 amide bonds. The van der Waals surface area contributed by atoms with Gasteiger partial charge in [0.05, 0.1) is 31.6 Å². The summed E-state index contributed by atoms with van der Waals surface area (Å²) in [6, 6.07) is 27.9. The van der Waals surface area contributed by atoms with Gasteiger partial charge in [-0.05, 0) is 98.7 Å². The standard InChI is InChI=1S/C31H20BrClIN5O2S/c32-26-13-19(14-27(34)29(26)41-17-23-4-2-1-3-22(23)15-35)16-36-39-30(40)21-7-5-20(6-8-21)28-18-42-31(38-28)37-25-11-9-24(33)10-12-25/h1-14,16,18H,17H2,(H,37,38)(H,39,40)/b36-16-. The average Bonchev–Trinajstić information content (AvgIpc) is 3.46. The number of nitrogens with zero attached hydrogens (tertiary/aromatic N) is 3. The summed E-state index contributed by atoms with van der Waals surface area (Å²) in [6.07, 6.45) is 1.57. The number of anilines is 2. The Labute approximate surface area is 273 Å².